The molecule has 1 aromatic heterocycles. The lowest BCUT2D eigenvalue weighted by atomic mass is 10.1. The molecule has 10 nitrogen and oxygen atoms in total. The fourth-order valence-electron chi connectivity index (χ4n) is 5.13. The molecule has 3 aromatic carbocycles. The Morgan fingerprint density at radius 2 is 1.67 bits per heavy atom. The number of non-ortho nitro benzene ring substituents is 1. The molecule has 0 aliphatic carbocycles. The number of thioether (sulfide) groups is 1. The summed E-state index contributed by atoms with van der Waals surface area (Å²) in [4.78, 5) is 40.2. The average molecular weight is 599 g/mol. The maximum absolute atomic E-state index is 13.1. The van der Waals surface area contributed by atoms with E-state index in [-0.39, 0.29) is 29.1 Å². The van der Waals surface area contributed by atoms with Gasteiger partial charge in [0, 0.05) is 66.8 Å². The largest absolute Gasteiger partial charge is 0.339 e. The molecule has 1 unspecified atom stereocenters. The van der Waals surface area contributed by atoms with Crippen LogP contribution in [0.4, 0.5) is 5.69 Å². The van der Waals surface area contributed by atoms with Crippen molar-refractivity contribution in [3.8, 4) is 17.1 Å². The van der Waals surface area contributed by atoms with Gasteiger partial charge in [-0.2, -0.15) is 0 Å². The first-order valence-corrected chi connectivity index (χ1v) is 15.3. The molecule has 1 fully saturated rings. The molecule has 1 aliphatic rings. The van der Waals surface area contributed by atoms with E-state index >= 15 is 0 Å². The van der Waals surface area contributed by atoms with Crippen LogP contribution in [0.3, 0.4) is 0 Å². The topological polar surface area (TPSA) is 114 Å². The van der Waals surface area contributed by atoms with Crippen molar-refractivity contribution in [2.45, 2.75) is 44.8 Å². The molecule has 0 N–H and O–H groups in total. The van der Waals surface area contributed by atoms with Crippen LogP contribution in [-0.2, 0) is 4.79 Å². The molecule has 222 valence electrons. The Morgan fingerprint density at radius 1 is 0.977 bits per heavy atom. The van der Waals surface area contributed by atoms with Gasteiger partial charge in [-0.3, -0.25) is 24.3 Å². The highest BCUT2D eigenvalue weighted by Crippen LogP contribution is 2.29. The third kappa shape index (κ3) is 6.94. The van der Waals surface area contributed by atoms with E-state index in [1.54, 1.807) is 27.6 Å². The van der Waals surface area contributed by atoms with E-state index in [1.165, 1.54) is 29.3 Å². The molecular weight excluding hydrogens is 564 g/mol. The summed E-state index contributed by atoms with van der Waals surface area (Å²) in [6.45, 7) is 7.24. The van der Waals surface area contributed by atoms with Gasteiger partial charge >= 0.3 is 0 Å². The number of hydrogen-bond donors (Lipinski definition) is 0. The van der Waals surface area contributed by atoms with Crippen LogP contribution in [0.15, 0.2) is 78.0 Å². The molecule has 0 saturated carbocycles. The molecular formula is C32H34N6O4S. The third-order valence-corrected chi connectivity index (χ3v) is 8.56. The van der Waals surface area contributed by atoms with E-state index < -0.39 is 4.92 Å². The van der Waals surface area contributed by atoms with E-state index in [9.17, 15) is 19.7 Å². The molecule has 0 bridgehead atoms. The molecule has 1 atom stereocenters. The van der Waals surface area contributed by atoms with E-state index in [0.29, 0.717) is 38.2 Å². The number of piperazine rings is 1. The number of nitro groups is 1. The zero-order valence-corrected chi connectivity index (χ0v) is 25.3. The van der Waals surface area contributed by atoms with Gasteiger partial charge in [0.2, 0.25) is 5.91 Å². The van der Waals surface area contributed by atoms with E-state index in [4.69, 9.17) is 0 Å². The lowest BCUT2D eigenvalue weighted by Crippen LogP contribution is -2.55. The number of aryl methyl sites for hydroxylation is 2. The monoisotopic (exact) mass is 598 g/mol. The molecule has 11 heteroatoms. The minimum absolute atomic E-state index is 0.0512. The summed E-state index contributed by atoms with van der Waals surface area (Å²) in [7, 11) is 0. The highest BCUT2D eigenvalue weighted by atomic mass is 32.2. The Kier molecular flexibility index (Phi) is 9.20. The lowest BCUT2D eigenvalue weighted by Gasteiger charge is -2.40. The second-order valence-corrected chi connectivity index (χ2v) is 11.9. The van der Waals surface area contributed by atoms with Crippen LogP contribution in [0.25, 0.3) is 17.1 Å². The van der Waals surface area contributed by atoms with Crippen LogP contribution in [0, 0.1) is 24.0 Å². The molecule has 2 heterocycles. The highest BCUT2D eigenvalue weighted by molar-refractivity contribution is 7.99. The zero-order valence-electron chi connectivity index (χ0n) is 24.5. The smallest absolute Gasteiger partial charge is 0.270 e. The Balaban J connectivity index is 1.18. The van der Waals surface area contributed by atoms with E-state index in [0.717, 1.165) is 22.2 Å². The number of carbonyl (C=O) groups is 2. The van der Waals surface area contributed by atoms with Crippen molar-refractivity contribution in [3.63, 3.8) is 0 Å². The van der Waals surface area contributed by atoms with Crippen LogP contribution in [0.2, 0.25) is 0 Å². The Bertz CT molecular complexity index is 1620. The SMILES string of the molecule is Cc1ccc(-c2nnc(SCCCC(=O)N3CCN(C(=O)c4cccc([N+](=O)[O-])c4)C(C)C3)n2-c2ccc(C)cc2)cc1. The number of carbonyl (C=O) groups excluding carboxylic acids is 2. The third-order valence-electron chi connectivity index (χ3n) is 7.55. The van der Waals surface area contributed by atoms with Crippen LogP contribution in [0.5, 0.6) is 0 Å². The predicted molar refractivity (Wildman–Crippen MR) is 166 cm³/mol. The zero-order chi connectivity index (χ0) is 30.5. The Labute approximate surface area is 254 Å². The molecule has 2 amide bonds. The van der Waals surface area contributed by atoms with Crippen molar-refractivity contribution in [2.75, 3.05) is 25.4 Å². The van der Waals surface area contributed by atoms with Gasteiger partial charge in [0.05, 0.1) is 4.92 Å². The van der Waals surface area contributed by atoms with Crippen molar-refractivity contribution in [2.24, 2.45) is 0 Å². The predicted octanol–water partition coefficient (Wildman–Crippen LogP) is 5.70. The molecule has 0 spiro atoms. The second kappa shape index (κ2) is 13.2. The number of benzene rings is 3. The van der Waals surface area contributed by atoms with Gasteiger partial charge < -0.3 is 9.80 Å². The number of aromatic nitrogens is 3. The van der Waals surface area contributed by atoms with Crippen LogP contribution < -0.4 is 0 Å². The van der Waals surface area contributed by atoms with Crippen LogP contribution in [0.1, 0.15) is 41.3 Å². The van der Waals surface area contributed by atoms with Gasteiger partial charge in [-0.1, -0.05) is 65.4 Å². The van der Waals surface area contributed by atoms with Crippen molar-refractivity contribution in [1.29, 1.82) is 0 Å². The van der Waals surface area contributed by atoms with Gasteiger partial charge in [0.15, 0.2) is 11.0 Å². The average Bonchev–Trinajstić information content (AvgIpc) is 3.43. The normalized spacial score (nSPS) is 15.0. The molecule has 0 radical (unpaired) electrons. The minimum atomic E-state index is -0.509. The van der Waals surface area contributed by atoms with Gasteiger partial charge in [-0.05, 0) is 45.4 Å². The summed E-state index contributed by atoms with van der Waals surface area (Å²) in [5, 5.41) is 20.9. The Morgan fingerprint density at radius 3 is 2.35 bits per heavy atom. The first kappa shape index (κ1) is 30.0. The van der Waals surface area contributed by atoms with Crippen molar-refractivity contribution in [3.05, 3.63) is 99.6 Å². The van der Waals surface area contributed by atoms with E-state index in [2.05, 4.69) is 77.1 Å². The summed E-state index contributed by atoms with van der Waals surface area (Å²) >= 11 is 1.58. The highest BCUT2D eigenvalue weighted by Gasteiger charge is 2.30. The van der Waals surface area contributed by atoms with Crippen molar-refractivity contribution in [1.82, 2.24) is 24.6 Å². The molecule has 1 aliphatic heterocycles. The van der Waals surface area contributed by atoms with Gasteiger partial charge in [0.1, 0.15) is 0 Å². The second-order valence-electron chi connectivity index (χ2n) is 10.8. The number of hydrogen-bond acceptors (Lipinski definition) is 7. The minimum Gasteiger partial charge on any atom is -0.339 e. The summed E-state index contributed by atoms with van der Waals surface area (Å²) in [6.07, 6.45) is 1.06. The van der Waals surface area contributed by atoms with Crippen LogP contribution >= 0.6 is 11.8 Å². The fraction of sp³-hybridized carbons (Fsp3) is 0.312. The summed E-state index contributed by atoms with van der Waals surface area (Å²) in [5.74, 6) is 1.26. The number of nitrogens with zero attached hydrogens (tertiary/aromatic N) is 6. The van der Waals surface area contributed by atoms with Crippen molar-refractivity contribution >= 4 is 29.3 Å². The number of rotatable bonds is 9. The number of amides is 2. The standard InChI is InChI=1S/C32H34N6O4S/c1-22-9-13-25(14-10-22)30-33-34-32(37(30)27-15-11-23(2)12-16-27)43-19-5-8-29(39)35-17-18-36(24(3)21-35)31(40)26-6-4-7-28(20-26)38(41)42/h4,6-7,9-16,20,24H,5,8,17-19,21H2,1-3H3. The first-order valence-electron chi connectivity index (χ1n) is 14.3. The summed E-state index contributed by atoms with van der Waals surface area (Å²) in [6, 6.07) is 22.1. The van der Waals surface area contributed by atoms with Crippen LogP contribution in [-0.4, -0.2) is 72.7 Å². The molecule has 1 saturated heterocycles. The van der Waals surface area contributed by atoms with Crippen molar-refractivity contribution < 1.29 is 14.5 Å². The summed E-state index contributed by atoms with van der Waals surface area (Å²) < 4.78 is 2.07. The van der Waals surface area contributed by atoms with E-state index in [1.807, 2.05) is 6.92 Å². The molecule has 4 aromatic rings. The number of nitro benzene ring substituents is 1. The van der Waals surface area contributed by atoms with Gasteiger partial charge in [-0.25, -0.2) is 0 Å². The molecule has 5 rings (SSSR count). The first-order chi connectivity index (χ1) is 20.7. The van der Waals surface area contributed by atoms with Gasteiger partial charge in [0.25, 0.3) is 11.6 Å². The fourth-order valence-corrected chi connectivity index (χ4v) is 6.02. The lowest BCUT2D eigenvalue weighted by molar-refractivity contribution is -0.384. The molecule has 43 heavy (non-hydrogen) atoms. The maximum Gasteiger partial charge on any atom is 0.270 e. The summed E-state index contributed by atoms with van der Waals surface area (Å²) in [5.41, 5.74) is 4.48. The quantitative estimate of drug-likeness (QED) is 0.105. The van der Waals surface area contributed by atoms with Gasteiger partial charge in [-0.15, -0.1) is 10.2 Å². The Hall–Kier alpha value is -4.51. The maximum atomic E-state index is 13.1.